The molecule has 0 saturated heterocycles. The van der Waals surface area contributed by atoms with Crippen LogP contribution in [-0.2, 0) is 6.42 Å². The third kappa shape index (κ3) is 3.39. The van der Waals surface area contributed by atoms with E-state index in [1.54, 1.807) is 6.26 Å². The predicted molar refractivity (Wildman–Crippen MR) is 80.8 cm³/mol. The Morgan fingerprint density at radius 2 is 2.05 bits per heavy atom. The minimum atomic E-state index is -0.0171. The number of furan rings is 1. The molecule has 3 rings (SSSR count). The highest BCUT2D eigenvalue weighted by molar-refractivity contribution is 5.40. The second kappa shape index (κ2) is 6.68. The summed E-state index contributed by atoms with van der Waals surface area (Å²) in [5.74, 6) is 2.60. The smallest absolute Gasteiger partial charge is 0.161 e. The topological polar surface area (TPSA) is 43.6 Å². The van der Waals surface area contributed by atoms with Gasteiger partial charge in [0.15, 0.2) is 11.5 Å². The minimum Gasteiger partial charge on any atom is -0.486 e. The lowest BCUT2D eigenvalue weighted by Crippen LogP contribution is -2.49. The van der Waals surface area contributed by atoms with E-state index in [2.05, 4.69) is 12.2 Å². The molecule has 0 amide bonds. The highest BCUT2D eigenvalue weighted by atomic mass is 16.6. The summed E-state index contributed by atoms with van der Waals surface area (Å²) in [5, 5.41) is 3.54. The van der Waals surface area contributed by atoms with Crippen LogP contribution in [0.2, 0.25) is 0 Å². The van der Waals surface area contributed by atoms with Gasteiger partial charge in [-0.25, -0.2) is 0 Å². The summed E-state index contributed by atoms with van der Waals surface area (Å²) in [6.07, 6.45) is 3.57. The lowest BCUT2D eigenvalue weighted by atomic mass is 10.0. The molecule has 1 aromatic heterocycles. The molecule has 1 N–H and O–H groups in total. The fraction of sp³-hybridized carbons (Fsp3) is 0.412. The van der Waals surface area contributed by atoms with E-state index >= 15 is 0 Å². The molecule has 21 heavy (non-hydrogen) atoms. The minimum absolute atomic E-state index is 0.0171. The number of fused-ring (bicyclic) bond motifs is 1. The van der Waals surface area contributed by atoms with Crippen molar-refractivity contribution in [1.82, 2.24) is 5.32 Å². The summed E-state index contributed by atoms with van der Waals surface area (Å²) in [6, 6.07) is 11.9. The fourth-order valence-corrected chi connectivity index (χ4v) is 2.54. The normalized spacial score (nSPS) is 18.4. The molecule has 0 spiro atoms. The molecule has 0 bridgehead atoms. The Labute approximate surface area is 125 Å². The van der Waals surface area contributed by atoms with E-state index in [0.717, 1.165) is 36.6 Å². The molecular formula is C17H21NO3. The van der Waals surface area contributed by atoms with Crippen LogP contribution in [0.5, 0.6) is 11.5 Å². The molecule has 1 aliphatic heterocycles. The Morgan fingerprint density at radius 3 is 2.81 bits per heavy atom. The molecule has 1 aliphatic rings. The standard InChI is InChI=1S/C17H21NO3/c1-2-9-18-14(11-13-6-5-10-19-13)17-12-20-15-7-3-4-8-16(15)21-17/h3-8,10,14,17-18H,2,9,11-12H2,1H3. The van der Waals surface area contributed by atoms with E-state index in [1.807, 2.05) is 36.4 Å². The van der Waals surface area contributed by atoms with Gasteiger partial charge in [-0.3, -0.25) is 0 Å². The Hall–Kier alpha value is -1.94. The molecule has 1 aromatic carbocycles. The molecule has 2 aromatic rings. The first-order valence-electron chi connectivity index (χ1n) is 7.51. The van der Waals surface area contributed by atoms with E-state index in [0.29, 0.717) is 6.61 Å². The van der Waals surface area contributed by atoms with E-state index in [4.69, 9.17) is 13.9 Å². The molecule has 4 nitrogen and oxygen atoms in total. The lowest BCUT2D eigenvalue weighted by molar-refractivity contribution is 0.0605. The molecule has 0 aliphatic carbocycles. The van der Waals surface area contributed by atoms with Crippen LogP contribution < -0.4 is 14.8 Å². The third-order valence-electron chi connectivity index (χ3n) is 3.64. The van der Waals surface area contributed by atoms with Crippen LogP contribution in [0.15, 0.2) is 47.1 Å². The number of rotatable bonds is 6. The SMILES string of the molecule is CCCNC(Cc1ccco1)C1COc2ccccc2O1. The summed E-state index contributed by atoms with van der Waals surface area (Å²) in [5.41, 5.74) is 0. The largest absolute Gasteiger partial charge is 0.486 e. The number of hydrogen-bond donors (Lipinski definition) is 1. The first-order valence-corrected chi connectivity index (χ1v) is 7.51. The Bertz CT molecular complexity index is 553. The van der Waals surface area contributed by atoms with Gasteiger partial charge in [0.25, 0.3) is 0 Å². The van der Waals surface area contributed by atoms with Crippen molar-refractivity contribution in [1.29, 1.82) is 0 Å². The Balaban J connectivity index is 1.71. The Kier molecular flexibility index (Phi) is 4.46. The second-order valence-corrected chi connectivity index (χ2v) is 5.26. The maximum atomic E-state index is 6.11. The van der Waals surface area contributed by atoms with Crippen molar-refractivity contribution < 1.29 is 13.9 Å². The van der Waals surface area contributed by atoms with Gasteiger partial charge < -0.3 is 19.2 Å². The summed E-state index contributed by atoms with van der Waals surface area (Å²) >= 11 is 0. The van der Waals surface area contributed by atoms with Crippen molar-refractivity contribution in [3.05, 3.63) is 48.4 Å². The average Bonchev–Trinajstić information content (AvgIpc) is 3.04. The monoisotopic (exact) mass is 287 g/mol. The zero-order chi connectivity index (χ0) is 14.5. The zero-order valence-electron chi connectivity index (χ0n) is 12.2. The lowest BCUT2D eigenvalue weighted by Gasteiger charge is -2.32. The van der Waals surface area contributed by atoms with Gasteiger partial charge in [-0.05, 0) is 37.2 Å². The number of ether oxygens (including phenoxy) is 2. The quantitative estimate of drug-likeness (QED) is 0.887. The van der Waals surface area contributed by atoms with Crippen LogP contribution in [0.4, 0.5) is 0 Å². The third-order valence-corrected chi connectivity index (χ3v) is 3.64. The first-order chi connectivity index (χ1) is 10.4. The summed E-state index contributed by atoms with van der Waals surface area (Å²) in [6.45, 7) is 3.66. The highest BCUT2D eigenvalue weighted by Crippen LogP contribution is 2.32. The van der Waals surface area contributed by atoms with E-state index in [-0.39, 0.29) is 12.1 Å². The van der Waals surface area contributed by atoms with Crippen molar-refractivity contribution in [2.45, 2.75) is 31.9 Å². The highest BCUT2D eigenvalue weighted by Gasteiger charge is 2.29. The average molecular weight is 287 g/mol. The van der Waals surface area contributed by atoms with E-state index in [1.165, 1.54) is 0 Å². The molecule has 2 heterocycles. The van der Waals surface area contributed by atoms with Crippen LogP contribution in [0.25, 0.3) is 0 Å². The van der Waals surface area contributed by atoms with Gasteiger partial charge in [0.1, 0.15) is 18.5 Å². The molecule has 0 saturated carbocycles. The van der Waals surface area contributed by atoms with Gasteiger partial charge in [-0.15, -0.1) is 0 Å². The van der Waals surface area contributed by atoms with Crippen molar-refractivity contribution in [3.8, 4) is 11.5 Å². The van der Waals surface area contributed by atoms with Crippen LogP contribution in [0.3, 0.4) is 0 Å². The van der Waals surface area contributed by atoms with Crippen LogP contribution in [-0.4, -0.2) is 25.3 Å². The molecule has 2 atom stereocenters. The number of hydrogen-bond acceptors (Lipinski definition) is 4. The molecule has 2 unspecified atom stereocenters. The van der Waals surface area contributed by atoms with Gasteiger partial charge in [-0.1, -0.05) is 19.1 Å². The van der Waals surface area contributed by atoms with Gasteiger partial charge in [0.05, 0.1) is 12.3 Å². The predicted octanol–water partition coefficient (Wildman–Crippen LogP) is 3.03. The van der Waals surface area contributed by atoms with E-state index < -0.39 is 0 Å². The maximum absolute atomic E-state index is 6.11. The van der Waals surface area contributed by atoms with Crippen molar-refractivity contribution in [3.63, 3.8) is 0 Å². The van der Waals surface area contributed by atoms with Crippen LogP contribution in [0, 0.1) is 0 Å². The summed E-state index contributed by atoms with van der Waals surface area (Å²) in [4.78, 5) is 0. The maximum Gasteiger partial charge on any atom is 0.161 e. The summed E-state index contributed by atoms with van der Waals surface area (Å²) < 4.78 is 17.4. The molecule has 0 fully saturated rings. The molecule has 112 valence electrons. The number of benzene rings is 1. The van der Waals surface area contributed by atoms with Crippen LogP contribution >= 0.6 is 0 Å². The summed E-state index contributed by atoms with van der Waals surface area (Å²) in [7, 11) is 0. The van der Waals surface area contributed by atoms with Gasteiger partial charge in [0, 0.05) is 6.42 Å². The van der Waals surface area contributed by atoms with E-state index in [9.17, 15) is 0 Å². The molecule has 4 heteroatoms. The van der Waals surface area contributed by atoms with Crippen LogP contribution in [0.1, 0.15) is 19.1 Å². The Morgan fingerprint density at radius 1 is 1.19 bits per heavy atom. The number of para-hydroxylation sites is 2. The van der Waals surface area contributed by atoms with Gasteiger partial charge >= 0.3 is 0 Å². The van der Waals surface area contributed by atoms with Crippen molar-refractivity contribution in [2.75, 3.05) is 13.2 Å². The first kappa shape index (κ1) is 14.0. The van der Waals surface area contributed by atoms with Gasteiger partial charge in [-0.2, -0.15) is 0 Å². The second-order valence-electron chi connectivity index (χ2n) is 5.26. The fourth-order valence-electron chi connectivity index (χ4n) is 2.54. The molecule has 0 radical (unpaired) electrons. The zero-order valence-corrected chi connectivity index (χ0v) is 12.2. The van der Waals surface area contributed by atoms with Gasteiger partial charge in [0.2, 0.25) is 0 Å². The number of nitrogens with one attached hydrogen (secondary N) is 1. The molecular weight excluding hydrogens is 266 g/mol. The van der Waals surface area contributed by atoms with Crippen molar-refractivity contribution in [2.24, 2.45) is 0 Å². The van der Waals surface area contributed by atoms with Crippen molar-refractivity contribution >= 4 is 0 Å².